The van der Waals surface area contributed by atoms with Crippen LogP contribution in [-0.4, -0.2) is 61.9 Å². The van der Waals surface area contributed by atoms with Crippen LogP contribution in [-0.2, 0) is 10.0 Å². The Kier molecular flexibility index (Phi) is 6.01. The van der Waals surface area contributed by atoms with Gasteiger partial charge >= 0.3 is 5.97 Å². The molecule has 6 nitrogen and oxygen atoms in total. The fourth-order valence-corrected chi connectivity index (χ4v) is 4.82. The molecule has 0 saturated heterocycles. The van der Waals surface area contributed by atoms with Gasteiger partial charge < -0.3 is 10.0 Å². The van der Waals surface area contributed by atoms with Crippen LogP contribution in [0.15, 0.2) is 23.1 Å². The first-order chi connectivity index (χ1) is 11.2. The number of carboxylic acids is 1. The summed E-state index contributed by atoms with van der Waals surface area (Å²) < 4.78 is 27.8. The summed E-state index contributed by atoms with van der Waals surface area (Å²) in [5.41, 5.74) is 0.595. The second-order valence-corrected chi connectivity index (χ2v) is 8.53. The third-order valence-electron chi connectivity index (χ3n) is 4.55. The molecule has 0 atom stereocenters. The van der Waals surface area contributed by atoms with E-state index in [0.717, 1.165) is 25.7 Å². The lowest BCUT2D eigenvalue weighted by atomic mass is 10.1. The lowest BCUT2D eigenvalue weighted by molar-refractivity contribution is 0.0696. The van der Waals surface area contributed by atoms with E-state index < -0.39 is 16.0 Å². The summed E-state index contributed by atoms with van der Waals surface area (Å²) in [6.45, 7) is 2.71. The number of aromatic carboxylic acids is 1. The number of hydrogen-bond acceptors (Lipinski definition) is 4. The highest BCUT2D eigenvalue weighted by atomic mass is 32.2. The molecule has 1 saturated carbocycles. The van der Waals surface area contributed by atoms with Crippen LogP contribution in [0.5, 0.6) is 0 Å². The molecule has 0 heterocycles. The molecule has 0 unspecified atom stereocenters. The van der Waals surface area contributed by atoms with Gasteiger partial charge in [-0.3, -0.25) is 0 Å². The first-order valence-corrected chi connectivity index (χ1v) is 9.68. The molecule has 1 N–H and O–H groups in total. The van der Waals surface area contributed by atoms with Gasteiger partial charge in [-0.05, 0) is 51.6 Å². The lowest BCUT2D eigenvalue weighted by Gasteiger charge is -2.29. The van der Waals surface area contributed by atoms with Crippen LogP contribution in [0.1, 0.15) is 41.6 Å². The maximum Gasteiger partial charge on any atom is 0.335 e. The smallest absolute Gasteiger partial charge is 0.335 e. The molecule has 7 heteroatoms. The first-order valence-electron chi connectivity index (χ1n) is 8.24. The number of rotatable bonds is 7. The van der Waals surface area contributed by atoms with E-state index in [1.165, 1.54) is 12.1 Å². The monoisotopic (exact) mass is 354 g/mol. The van der Waals surface area contributed by atoms with Crippen molar-refractivity contribution in [3.05, 3.63) is 29.3 Å². The SMILES string of the molecule is Cc1ccc(S(=O)(=O)N(CCN(C)C)C2CCCC2)cc1C(=O)O. The predicted molar refractivity (Wildman–Crippen MR) is 92.8 cm³/mol. The minimum absolute atomic E-state index is 0.00420. The Morgan fingerprint density at radius 3 is 2.38 bits per heavy atom. The number of carbonyl (C=O) groups is 1. The van der Waals surface area contributed by atoms with Gasteiger partial charge in [0.1, 0.15) is 0 Å². The van der Waals surface area contributed by atoms with Gasteiger partial charge in [-0.25, -0.2) is 13.2 Å². The van der Waals surface area contributed by atoms with Crippen LogP contribution >= 0.6 is 0 Å². The van der Waals surface area contributed by atoms with E-state index in [9.17, 15) is 18.3 Å². The Balaban J connectivity index is 2.39. The second kappa shape index (κ2) is 7.63. The average Bonchev–Trinajstić information content (AvgIpc) is 3.00. The van der Waals surface area contributed by atoms with Crippen LogP contribution in [0.2, 0.25) is 0 Å². The van der Waals surface area contributed by atoms with Gasteiger partial charge in [-0.2, -0.15) is 4.31 Å². The van der Waals surface area contributed by atoms with Crippen molar-refractivity contribution in [1.82, 2.24) is 9.21 Å². The third-order valence-corrected chi connectivity index (χ3v) is 6.49. The molecule has 24 heavy (non-hydrogen) atoms. The van der Waals surface area contributed by atoms with Crippen LogP contribution in [0.3, 0.4) is 0 Å². The fourth-order valence-electron chi connectivity index (χ4n) is 3.12. The molecule has 0 aliphatic heterocycles. The molecule has 0 amide bonds. The molecule has 1 aliphatic rings. The van der Waals surface area contributed by atoms with E-state index in [1.807, 2.05) is 19.0 Å². The molecular weight excluding hydrogens is 328 g/mol. The van der Waals surface area contributed by atoms with Crippen molar-refractivity contribution >= 4 is 16.0 Å². The summed E-state index contributed by atoms with van der Waals surface area (Å²) in [7, 11) is 0.112. The van der Waals surface area contributed by atoms with Gasteiger partial charge in [0.05, 0.1) is 10.5 Å². The van der Waals surface area contributed by atoms with Crippen molar-refractivity contribution in [3.8, 4) is 0 Å². The number of benzene rings is 1. The number of sulfonamides is 1. The number of aryl methyl sites for hydroxylation is 1. The maximum absolute atomic E-state index is 13.1. The Labute approximate surface area is 144 Å². The summed E-state index contributed by atoms with van der Waals surface area (Å²) in [4.78, 5) is 13.3. The van der Waals surface area contributed by atoms with Crippen molar-refractivity contribution < 1.29 is 18.3 Å². The molecule has 0 bridgehead atoms. The van der Waals surface area contributed by atoms with E-state index in [-0.39, 0.29) is 16.5 Å². The number of hydrogen-bond donors (Lipinski definition) is 1. The summed E-state index contributed by atoms with van der Waals surface area (Å²) in [6, 6.07) is 4.36. The zero-order valence-corrected chi connectivity index (χ0v) is 15.3. The molecule has 1 aromatic carbocycles. The molecular formula is C17H26N2O4S. The average molecular weight is 354 g/mol. The van der Waals surface area contributed by atoms with Crippen LogP contribution in [0, 0.1) is 6.92 Å². The number of nitrogens with zero attached hydrogens (tertiary/aromatic N) is 2. The maximum atomic E-state index is 13.1. The molecule has 1 aliphatic carbocycles. The number of likely N-dealkylation sites (N-methyl/N-ethyl adjacent to an activating group) is 1. The van der Waals surface area contributed by atoms with Crippen LogP contribution in [0.25, 0.3) is 0 Å². The molecule has 2 rings (SSSR count). The molecule has 1 fully saturated rings. The van der Waals surface area contributed by atoms with E-state index in [0.29, 0.717) is 18.7 Å². The highest BCUT2D eigenvalue weighted by molar-refractivity contribution is 7.89. The lowest BCUT2D eigenvalue weighted by Crippen LogP contribution is -2.42. The van der Waals surface area contributed by atoms with Crippen molar-refractivity contribution in [3.63, 3.8) is 0 Å². The molecule has 0 radical (unpaired) electrons. The highest BCUT2D eigenvalue weighted by Gasteiger charge is 2.33. The van der Waals surface area contributed by atoms with E-state index >= 15 is 0 Å². The van der Waals surface area contributed by atoms with Crippen molar-refractivity contribution in [1.29, 1.82) is 0 Å². The third kappa shape index (κ3) is 4.15. The van der Waals surface area contributed by atoms with Gasteiger partial charge in [0.25, 0.3) is 0 Å². The Morgan fingerprint density at radius 1 is 1.21 bits per heavy atom. The topological polar surface area (TPSA) is 77.9 Å². The van der Waals surface area contributed by atoms with Crippen molar-refractivity contribution in [2.75, 3.05) is 27.2 Å². The van der Waals surface area contributed by atoms with Gasteiger partial charge in [-0.1, -0.05) is 18.9 Å². The summed E-state index contributed by atoms with van der Waals surface area (Å²) >= 11 is 0. The Hall–Kier alpha value is -1.44. The van der Waals surface area contributed by atoms with Gasteiger partial charge in [0.2, 0.25) is 10.0 Å². The first kappa shape index (κ1) is 18.9. The minimum Gasteiger partial charge on any atom is -0.478 e. The standard InChI is InChI=1S/C17H26N2O4S/c1-13-8-9-15(12-16(13)17(20)21)24(22,23)19(11-10-18(2)3)14-6-4-5-7-14/h8-9,12,14H,4-7,10-11H2,1-3H3,(H,20,21). The highest BCUT2D eigenvalue weighted by Crippen LogP contribution is 2.29. The number of carboxylic acid groups (broad SMARTS) is 1. The molecule has 0 spiro atoms. The Morgan fingerprint density at radius 2 is 1.83 bits per heavy atom. The van der Waals surface area contributed by atoms with Gasteiger partial charge in [-0.15, -0.1) is 0 Å². The van der Waals surface area contributed by atoms with E-state index in [2.05, 4.69) is 0 Å². The summed E-state index contributed by atoms with van der Waals surface area (Å²) in [5, 5.41) is 9.27. The largest absolute Gasteiger partial charge is 0.478 e. The quantitative estimate of drug-likeness (QED) is 0.812. The summed E-state index contributed by atoms with van der Waals surface area (Å²) in [5.74, 6) is -1.11. The van der Waals surface area contributed by atoms with Gasteiger partial charge in [0, 0.05) is 19.1 Å². The minimum atomic E-state index is -3.71. The van der Waals surface area contributed by atoms with E-state index in [1.54, 1.807) is 17.3 Å². The summed E-state index contributed by atoms with van der Waals surface area (Å²) in [6.07, 6.45) is 3.80. The Bertz CT molecular complexity index is 695. The zero-order chi connectivity index (χ0) is 17.9. The molecule has 1 aromatic rings. The van der Waals surface area contributed by atoms with Crippen LogP contribution in [0.4, 0.5) is 0 Å². The van der Waals surface area contributed by atoms with Crippen LogP contribution < -0.4 is 0 Å². The normalized spacial score (nSPS) is 16.2. The second-order valence-electron chi connectivity index (χ2n) is 6.64. The van der Waals surface area contributed by atoms with Crippen molar-refractivity contribution in [2.24, 2.45) is 0 Å². The van der Waals surface area contributed by atoms with Crippen molar-refractivity contribution in [2.45, 2.75) is 43.5 Å². The predicted octanol–water partition coefficient (Wildman–Crippen LogP) is 2.19. The van der Waals surface area contributed by atoms with E-state index in [4.69, 9.17) is 0 Å². The van der Waals surface area contributed by atoms with Gasteiger partial charge in [0.15, 0.2) is 0 Å². The zero-order valence-electron chi connectivity index (χ0n) is 14.5. The molecule has 134 valence electrons. The molecule has 0 aromatic heterocycles. The fraction of sp³-hybridized carbons (Fsp3) is 0.588.